The van der Waals surface area contributed by atoms with Gasteiger partial charge < -0.3 is 14.6 Å². The Kier molecular flexibility index (Phi) is 4.36. The molecule has 2 aliphatic rings. The summed E-state index contributed by atoms with van der Waals surface area (Å²) in [5.74, 6) is 1.36. The summed E-state index contributed by atoms with van der Waals surface area (Å²) in [5.41, 5.74) is 3.23. The van der Waals surface area contributed by atoms with E-state index in [0.717, 1.165) is 28.7 Å². The van der Waals surface area contributed by atoms with Crippen molar-refractivity contribution in [2.24, 2.45) is 4.99 Å². The number of hydrogen-bond donors (Lipinski definition) is 1. The van der Waals surface area contributed by atoms with Crippen molar-refractivity contribution in [1.82, 2.24) is 14.5 Å². The number of rotatable bonds is 4. The minimum atomic E-state index is -0.0242. The summed E-state index contributed by atoms with van der Waals surface area (Å²) in [5, 5.41) is 10.8. The van der Waals surface area contributed by atoms with Crippen LogP contribution in [0, 0.1) is 0 Å². The van der Waals surface area contributed by atoms with Crippen LogP contribution in [0.25, 0.3) is 5.69 Å². The van der Waals surface area contributed by atoms with Gasteiger partial charge in [-0.3, -0.25) is 9.98 Å². The number of aliphatic imine (C=N–C) groups is 1. The molecule has 5 nitrogen and oxygen atoms in total. The predicted molar refractivity (Wildman–Crippen MR) is 113 cm³/mol. The Morgan fingerprint density at radius 2 is 1.96 bits per heavy atom. The molecular formula is C22H22N4OS. The summed E-state index contributed by atoms with van der Waals surface area (Å²) in [6, 6.07) is 18.2. The van der Waals surface area contributed by atoms with Crippen LogP contribution in [-0.2, 0) is 0 Å². The number of hydrogen-bond acceptors (Lipinski definition) is 5. The quantitative estimate of drug-likeness (QED) is 0.710. The highest BCUT2D eigenvalue weighted by Crippen LogP contribution is 2.48. The van der Waals surface area contributed by atoms with Gasteiger partial charge in [-0.1, -0.05) is 24.8 Å². The Morgan fingerprint density at radius 3 is 2.71 bits per heavy atom. The second-order valence-corrected chi connectivity index (χ2v) is 8.14. The summed E-state index contributed by atoms with van der Waals surface area (Å²) < 4.78 is 2.20. The molecule has 142 valence electrons. The molecule has 3 aromatic rings. The van der Waals surface area contributed by atoms with Crippen LogP contribution in [0.5, 0.6) is 5.75 Å². The van der Waals surface area contributed by atoms with Crippen LogP contribution >= 0.6 is 11.8 Å². The first-order chi connectivity index (χ1) is 13.8. The number of phenolic OH excluding ortho intramolecular Hbond substituents is 1. The highest BCUT2D eigenvalue weighted by Gasteiger charge is 2.46. The summed E-state index contributed by atoms with van der Waals surface area (Å²) in [4.78, 5) is 12.2. The molecule has 6 heteroatoms. The van der Waals surface area contributed by atoms with Crippen LogP contribution in [0.3, 0.4) is 0 Å². The zero-order valence-electron chi connectivity index (χ0n) is 15.6. The molecule has 1 fully saturated rings. The van der Waals surface area contributed by atoms with Gasteiger partial charge in [-0.15, -0.1) is 0 Å². The summed E-state index contributed by atoms with van der Waals surface area (Å²) >= 11 is 1.85. The van der Waals surface area contributed by atoms with E-state index in [1.807, 2.05) is 42.2 Å². The molecule has 2 aromatic heterocycles. The summed E-state index contributed by atoms with van der Waals surface area (Å²) in [6.07, 6.45) is 5.02. The molecule has 5 rings (SSSR count). The number of amidine groups is 1. The van der Waals surface area contributed by atoms with Crippen LogP contribution in [0.15, 0.2) is 72.0 Å². The fraction of sp³-hybridized carbons (Fsp3) is 0.273. The lowest BCUT2D eigenvalue weighted by molar-refractivity contribution is 0.249. The van der Waals surface area contributed by atoms with Crippen molar-refractivity contribution in [3.63, 3.8) is 0 Å². The Bertz CT molecular complexity index is 999. The molecule has 1 aromatic carbocycles. The van der Waals surface area contributed by atoms with E-state index in [1.54, 1.807) is 12.1 Å². The van der Waals surface area contributed by atoms with Gasteiger partial charge in [0.05, 0.1) is 5.69 Å². The SMILES string of the molecule is CC[C@H]1CSC2=N[C@H](c3ccccn3)[C@@H](c3cccn3-c3ccc(O)cc3)N21. The standard InChI is InChI=1S/C22H22N4OS/c1-2-15-14-28-22-24-20(18-6-3-4-12-23-18)21(26(15)22)19-7-5-13-25(19)16-8-10-17(27)11-9-16/h3-13,15,20-21,27H,2,14H2,1H3/t15-,20+,21+/m0/s1. The first kappa shape index (κ1) is 17.4. The maximum atomic E-state index is 9.67. The average Bonchev–Trinajstić information content (AvgIpc) is 3.44. The summed E-state index contributed by atoms with van der Waals surface area (Å²) in [7, 11) is 0. The molecule has 0 unspecified atom stereocenters. The van der Waals surface area contributed by atoms with E-state index in [2.05, 4.69) is 45.8 Å². The highest BCUT2D eigenvalue weighted by atomic mass is 32.2. The summed E-state index contributed by atoms with van der Waals surface area (Å²) in [6.45, 7) is 2.25. The lowest BCUT2D eigenvalue weighted by Crippen LogP contribution is -2.36. The second kappa shape index (κ2) is 7.02. The van der Waals surface area contributed by atoms with Gasteiger partial charge >= 0.3 is 0 Å². The van der Waals surface area contributed by atoms with E-state index in [9.17, 15) is 5.11 Å². The van der Waals surface area contributed by atoms with E-state index in [4.69, 9.17) is 4.99 Å². The number of phenols is 1. The maximum absolute atomic E-state index is 9.67. The average molecular weight is 391 g/mol. The van der Waals surface area contributed by atoms with Crippen LogP contribution in [-0.4, -0.2) is 36.5 Å². The molecule has 2 aliphatic heterocycles. The van der Waals surface area contributed by atoms with Gasteiger partial charge in [0.15, 0.2) is 5.17 Å². The van der Waals surface area contributed by atoms with Gasteiger partial charge in [0.1, 0.15) is 17.8 Å². The minimum Gasteiger partial charge on any atom is -0.508 e. The van der Waals surface area contributed by atoms with Gasteiger partial charge in [-0.25, -0.2) is 0 Å². The smallest absolute Gasteiger partial charge is 0.160 e. The topological polar surface area (TPSA) is 53.6 Å². The lowest BCUT2D eigenvalue weighted by atomic mass is 9.99. The number of aromatic nitrogens is 2. The number of nitrogens with zero attached hydrogens (tertiary/aromatic N) is 4. The molecule has 1 saturated heterocycles. The van der Waals surface area contributed by atoms with Crippen molar-refractivity contribution < 1.29 is 5.11 Å². The van der Waals surface area contributed by atoms with E-state index in [0.29, 0.717) is 6.04 Å². The molecule has 0 radical (unpaired) electrons. The third-order valence-electron chi connectivity index (χ3n) is 5.54. The molecule has 28 heavy (non-hydrogen) atoms. The number of thioether (sulfide) groups is 1. The monoisotopic (exact) mass is 390 g/mol. The Hall–Kier alpha value is -2.73. The highest BCUT2D eigenvalue weighted by molar-refractivity contribution is 8.14. The van der Waals surface area contributed by atoms with E-state index >= 15 is 0 Å². The number of pyridine rings is 1. The lowest BCUT2D eigenvalue weighted by Gasteiger charge is -2.32. The van der Waals surface area contributed by atoms with Crippen LogP contribution < -0.4 is 0 Å². The van der Waals surface area contributed by atoms with Gasteiger partial charge in [0.2, 0.25) is 0 Å². The van der Waals surface area contributed by atoms with Crippen molar-refractivity contribution in [2.45, 2.75) is 31.5 Å². The maximum Gasteiger partial charge on any atom is 0.160 e. The molecule has 1 N–H and O–H groups in total. The third-order valence-corrected chi connectivity index (χ3v) is 6.67. The van der Waals surface area contributed by atoms with Crippen LogP contribution in [0.1, 0.15) is 36.8 Å². The zero-order chi connectivity index (χ0) is 19.1. The van der Waals surface area contributed by atoms with Crippen LogP contribution in [0.4, 0.5) is 0 Å². The number of fused-ring (bicyclic) bond motifs is 1. The van der Waals surface area contributed by atoms with Crippen molar-refractivity contribution >= 4 is 16.9 Å². The molecule has 3 atom stereocenters. The van der Waals surface area contributed by atoms with Crippen molar-refractivity contribution in [3.05, 3.63) is 78.4 Å². The van der Waals surface area contributed by atoms with Gasteiger partial charge in [0.25, 0.3) is 0 Å². The third kappa shape index (κ3) is 2.79. The van der Waals surface area contributed by atoms with E-state index in [-0.39, 0.29) is 17.8 Å². The molecule has 0 spiro atoms. The minimum absolute atomic E-state index is 0.0242. The Balaban J connectivity index is 1.62. The number of aromatic hydroxyl groups is 1. The fourth-order valence-electron chi connectivity index (χ4n) is 4.15. The Labute approximate surface area is 168 Å². The largest absolute Gasteiger partial charge is 0.508 e. The van der Waals surface area contributed by atoms with Crippen molar-refractivity contribution in [1.29, 1.82) is 0 Å². The second-order valence-electron chi connectivity index (χ2n) is 7.16. The molecule has 0 aliphatic carbocycles. The van der Waals surface area contributed by atoms with Gasteiger partial charge in [-0.2, -0.15) is 0 Å². The fourth-order valence-corrected chi connectivity index (χ4v) is 5.49. The molecule has 0 amide bonds. The molecular weight excluding hydrogens is 368 g/mol. The molecule has 4 heterocycles. The normalized spacial score (nSPS) is 23.7. The van der Waals surface area contributed by atoms with Crippen molar-refractivity contribution in [2.75, 3.05) is 5.75 Å². The van der Waals surface area contributed by atoms with Gasteiger partial charge in [-0.05, 0) is 55.0 Å². The first-order valence-electron chi connectivity index (χ1n) is 9.63. The zero-order valence-corrected chi connectivity index (χ0v) is 16.5. The first-order valence-corrected chi connectivity index (χ1v) is 10.6. The van der Waals surface area contributed by atoms with E-state index in [1.165, 1.54) is 5.69 Å². The van der Waals surface area contributed by atoms with E-state index < -0.39 is 0 Å². The predicted octanol–water partition coefficient (Wildman–Crippen LogP) is 4.56. The van der Waals surface area contributed by atoms with Gasteiger partial charge in [0, 0.05) is 35.6 Å². The number of benzene rings is 1. The Morgan fingerprint density at radius 1 is 1.11 bits per heavy atom. The molecule has 0 saturated carbocycles. The molecule has 0 bridgehead atoms. The van der Waals surface area contributed by atoms with Crippen molar-refractivity contribution in [3.8, 4) is 11.4 Å². The van der Waals surface area contributed by atoms with Crippen LogP contribution in [0.2, 0.25) is 0 Å².